The van der Waals surface area contributed by atoms with Crippen LogP contribution in [0.25, 0.3) is 0 Å². The number of hydrogen-bond donors (Lipinski definition) is 2. The Morgan fingerprint density at radius 2 is 1.73 bits per heavy atom. The average Bonchev–Trinajstić information content (AvgIpc) is 1.86. The van der Waals surface area contributed by atoms with Crippen LogP contribution in [0.5, 0.6) is 0 Å². The summed E-state index contributed by atoms with van der Waals surface area (Å²) in [5, 5.41) is 0. The first-order chi connectivity index (χ1) is 4.97. The first-order valence-electron chi connectivity index (χ1n) is 3.73. The topological polar surface area (TPSA) is 72.5 Å². The number of rotatable bonds is 3. The van der Waals surface area contributed by atoms with E-state index in [1.165, 1.54) is 12.8 Å². The molecule has 3 N–H and O–H groups in total. The fourth-order valence-electron chi connectivity index (χ4n) is 0.185. The maximum Gasteiger partial charge on any atom is 0.400 e. The average molecular weight is 183 g/mol. The molecule has 0 aliphatic rings. The monoisotopic (exact) mass is 183 g/mol. The van der Waals surface area contributed by atoms with E-state index < -0.39 is 7.75 Å². The minimum atomic E-state index is -3.67. The molecule has 0 fully saturated rings. The number of hydrogen-bond acceptors (Lipinski definition) is 2. The fraction of sp³-hybridized carbons (Fsp3) is 1.00. The van der Waals surface area contributed by atoms with Crippen LogP contribution in [0, 0.1) is 0 Å². The molecule has 4 nitrogen and oxygen atoms in total. The van der Waals surface area contributed by atoms with Gasteiger partial charge in [-0.25, -0.2) is 10.1 Å². The van der Waals surface area contributed by atoms with Gasteiger partial charge in [0.15, 0.2) is 0 Å². The predicted molar refractivity (Wildman–Crippen MR) is 46.2 cm³/mol. The summed E-state index contributed by atoms with van der Waals surface area (Å²) in [6.45, 7) is 6.13. The molecule has 70 valence electrons. The van der Waals surface area contributed by atoms with Crippen LogP contribution in [-0.4, -0.2) is 11.5 Å². The molecule has 0 spiro atoms. The molecular weight excluding hydrogens is 165 g/mol. The third-order valence-electron chi connectivity index (χ3n) is 0.814. The second-order valence-electron chi connectivity index (χ2n) is 1.98. The smallest absolute Gasteiger partial charge is 0.313 e. The van der Waals surface area contributed by atoms with E-state index >= 15 is 0 Å². The molecular formula is C6H18NO3P. The lowest BCUT2D eigenvalue weighted by atomic mass is 10.4. The van der Waals surface area contributed by atoms with Crippen LogP contribution in [0.1, 0.15) is 33.6 Å². The van der Waals surface area contributed by atoms with Crippen molar-refractivity contribution in [1.82, 2.24) is 0 Å². The predicted octanol–water partition coefficient (Wildman–Crippen LogP) is 1.89. The summed E-state index contributed by atoms with van der Waals surface area (Å²) in [6, 6.07) is 0. The summed E-state index contributed by atoms with van der Waals surface area (Å²) in [7, 11) is -3.67. The summed E-state index contributed by atoms with van der Waals surface area (Å²) >= 11 is 0. The van der Waals surface area contributed by atoms with Gasteiger partial charge >= 0.3 is 7.75 Å². The van der Waals surface area contributed by atoms with Gasteiger partial charge in [-0.15, -0.1) is 0 Å². The van der Waals surface area contributed by atoms with E-state index in [2.05, 4.69) is 23.9 Å². The van der Waals surface area contributed by atoms with Crippen molar-refractivity contribution in [2.24, 2.45) is 5.50 Å². The Morgan fingerprint density at radius 3 is 1.73 bits per heavy atom. The Hall–Kier alpha value is 0.110. The Morgan fingerprint density at radius 1 is 1.36 bits per heavy atom. The van der Waals surface area contributed by atoms with Crippen LogP contribution in [-0.2, 0) is 9.09 Å². The zero-order valence-corrected chi connectivity index (χ0v) is 8.30. The summed E-state index contributed by atoms with van der Waals surface area (Å²) in [5.41, 5.74) is 4.53. The molecule has 0 aliphatic carbocycles. The summed E-state index contributed by atoms with van der Waals surface area (Å²) in [6.07, 6.45) is 2.64. The second kappa shape index (κ2) is 8.21. The molecule has 11 heavy (non-hydrogen) atoms. The zero-order chi connectivity index (χ0) is 9.33. The molecule has 5 heteroatoms. The Labute approximate surface area is 68.3 Å². The van der Waals surface area contributed by atoms with Gasteiger partial charge in [0.2, 0.25) is 0 Å². The van der Waals surface area contributed by atoms with Crippen molar-refractivity contribution in [2.45, 2.75) is 33.6 Å². The lowest BCUT2D eigenvalue weighted by Gasteiger charge is -2.00. The molecule has 0 heterocycles. The molecule has 1 atom stereocenters. The summed E-state index contributed by atoms with van der Waals surface area (Å²) in [4.78, 5) is 8.13. The van der Waals surface area contributed by atoms with E-state index in [1.807, 2.05) is 0 Å². The Balaban J connectivity index is 0. The Kier molecular flexibility index (Phi) is 10.2. The van der Waals surface area contributed by atoms with E-state index in [4.69, 9.17) is 4.89 Å². The highest BCUT2D eigenvalue weighted by atomic mass is 31.2. The van der Waals surface area contributed by atoms with Gasteiger partial charge in [-0.05, 0) is 6.92 Å². The van der Waals surface area contributed by atoms with Crippen molar-refractivity contribution in [2.75, 3.05) is 6.61 Å². The molecule has 0 aromatic carbocycles. The molecule has 0 aromatic heterocycles. The first-order valence-corrected chi connectivity index (χ1v) is 5.38. The highest BCUT2D eigenvalue weighted by Crippen LogP contribution is 2.29. The van der Waals surface area contributed by atoms with Crippen LogP contribution in [0.4, 0.5) is 0 Å². The van der Waals surface area contributed by atoms with Gasteiger partial charge in [0.25, 0.3) is 0 Å². The van der Waals surface area contributed by atoms with Crippen molar-refractivity contribution >= 4 is 7.75 Å². The zero-order valence-electron chi connectivity index (χ0n) is 7.41. The minimum absolute atomic E-state index is 0.171. The van der Waals surface area contributed by atoms with Gasteiger partial charge in [0.1, 0.15) is 0 Å². The van der Waals surface area contributed by atoms with Gasteiger partial charge in [-0.1, -0.05) is 26.7 Å². The molecule has 1 unspecified atom stereocenters. The van der Waals surface area contributed by atoms with Crippen LogP contribution >= 0.6 is 7.75 Å². The summed E-state index contributed by atoms with van der Waals surface area (Å²) in [5.74, 6) is 0. The fourth-order valence-corrected chi connectivity index (χ4v) is 0.555. The van der Waals surface area contributed by atoms with E-state index in [1.54, 1.807) is 6.92 Å². The SMILES string of the molecule is CCCC.CCOP(N)(=O)O. The summed E-state index contributed by atoms with van der Waals surface area (Å²) < 4.78 is 14.0. The standard InChI is InChI=1S/C4H10.C2H8NO3P/c1-3-4-2;1-2-6-7(3,4)5/h3-4H2,1-2H3;2H2,1H3,(H3,3,4,5). The molecule has 0 aromatic rings. The van der Waals surface area contributed by atoms with Gasteiger partial charge in [0, 0.05) is 0 Å². The van der Waals surface area contributed by atoms with E-state index in [9.17, 15) is 4.57 Å². The molecule has 0 aliphatic heterocycles. The van der Waals surface area contributed by atoms with Gasteiger partial charge in [-0.3, -0.25) is 4.52 Å². The normalized spacial score (nSPS) is 14.6. The lowest BCUT2D eigenvalue weighted by Crippen LogP contribution is -1.96. The highest BCUT2D eigenvalue weighted by Gasteiger charge is 2.06. The molecule has 0 saturated carbocycles. The molecule has 0 amide bonds. The first kappa shape index (κ1) is 13.7. The van der Waals surface area contributed by atoms with Gasteiger partial charge < -0.3 is 4.89 Å². The quantitative estimate of drug-likeness (QED) is 0.655. The van der Waals surface area contributed by atoms with E-state index in [0.29, 0.717) is 0 Å². The van der Waals surface area contributed by atoms with E-state index in [0.717, 1.165) is 0 Å². The molecule has 0 bridgehead atoms. The third kappa shape index (κ3) is 25.5. The van der Waals surface area contributed by atoms with Crippen molar-refractivity contribution in [3.05, 3.63) is 0 Å². The number of unbranched alkanes of at least 4 members (excludes halogenated alkanes) is 1. The van der Waals surface area contributed by atoms with Crippen LogP contribution in [0.3, 0.4) is 0 Å². The maximum atomic E-state index is 9.93. The third-order valence-corrected chi connectivity index (χ3v) is 1.44. The lowest BCUT2D eigenvalue weighted by molar-refractivity contribution is 0.274. The molecule has 0 saturated heterocycles. The van der Waals surface area contributed by atoms with Crippen LogP contribution < -0.4 is 5.50 Å². The van der Waals surface area contributed by atoms with Crippen molar-refractivity contribution in [3.8, 4) is 0 Å². The second-order valence-corrected chi connectivity index (χ2v) is 3.37. The van der Waals surface area contributed by atoms with E-state index in [-0.39, 0.29) is 6.61 Å². The van der Waals surface area contributed by atoms with Gasteiger partial charge in [0.05, 0.1) is 6.61 Å². The number of nitrogens with two attached hydrogens (primary N) is 1. The molecule has 0 rings (SSSR count). The van der Waals surface area contributed by atoms with Crippen molar-refractivity contribution in [1.29, 1.82) is 0 Å². The highest BCUT2D eigenvalue weighted by molar-refractivity contribution is 7.50. The Bertz CT molecular complexity index is 110. The molecule has 0 radical (unpaired) electrons. The largest absolute Gasteiger partial charge is 0.400 e. The van der Waals surface area contributed by atoms with Crippen molar-refractivity contribution in [3.63, 3.8) is 0 Å². The van der Waals surface area contributed by atoms with Gasteiger partial charge in [-0.2, -0.15) is 0 Å². The maximum absolute atomic E-state index is 9.93. The minimum Gasteiger partial charge on any atom is -0.313 e. The van der Waals surface area contributed by atoms with Crippen LogP contribution in [0.2, 0.25) is 0 Å². The van der Waals surface area contributed by atoms with Crippen molar-refractivity contribution < 1.29 is 14.0 Å². The van der Waals surface area contributed by atoms with Crippen LogP contribution in [0.15, 0.2) is 0 Å².